The minimum atomic E-state index is -1.07. The van der Waals surface area contributed by atoms with Crippen molar-refractivity contribution in [1.29, 1.82) is 0 Å². The van der Waals surface area contributed by atoms with Crippen molar-refractivity contribution in [3.05, 3.63) is 64.7 Å². The van der Waals surface area contributed by atoms with Crippen LogP contribution in [0.4, 0.5) is 5.69 Å². The van der Waals surface area contributed by atoms with Crippen LogP contribution in [0.2, 0.25) is 5.02 Å². The Morgan fingerprint density at radius 1 is 1.09 bits per heavy atom. The molecule has 1 aliphatic rings. The summed E-state index contributed by atoms with van der Waals surface area (Å²) in [7, 11) is 0. The SMILES string of the molecule is O=C1NC(=O)C(C(=O)Nc2ccc(Cl)cc2)c2ccccc21.[H-].[Na+]. The van der Waals surface area contributed by atoms with Gasteiger partial charge in [0.15, 0.2) is 0 Å². The molecule has 0 fully saturated rings. The number of nitrogens with one attached hydrogen (secondary N) is 2. The molecule has 1 aliphatic heterocycles. The quantitative estimate of drug-likeness (QED) is 0.438. The van der Waals surface area contributed by atoms with Gasteiger partial charge in [0.2, 0.25) is 11.8 Å². The van der Waals surface area contributed by atoms with Crippen LogP contribution in [0.25, 0.3) is 0 Å². The number of amides is 3. The van der Waals surface area contributed by atoms with Gasteiger partial charge in [0.1, 0.15) is 5.92 Å². The molecule has 1 heterocycles. The molecule has 0 saturated carbocycles. The predicted molar refractivity (Wildman–Crippen MR) is 82.8 cm³/mol. The molecule has 1 atom stereocenters. The number of halogens is 1. The molecule has 2 N–H and O–H groups in total. The van der Waals surface area contributed by atoms with E-state index in [-0.39, 0.29) is 31.0 Å². The minimum Gasteiger partial charge on any atom is -1.00 e. The topological polar surface area (TPSA) is 75.3 Å². The molecule has 5 nitrogen and oxygen atoms in total. The molecule has 0 spiro atoms. The van der Waals surface area contributed by atoms with Gasteiger partial charge in [-0.05, 0) is 35.9 Å². The third kappa shape index (κ3) is 3.64. The summed E-state index contributed by atoms with van der Waals surface area (Å²) in [5, 5.41) is 5.40. The minimum absolute atomic E-state index is 0. The maximum atomic E-state index is 12.4. The molecular formula is C16H12ClN2NaO3. The molecule has 3 amide bonds. The molecule has 0 bridgehead atoms. The van der Waals surface area contributed by atoms with Crippen LogP contribution in [0.5, 0.6) is 0 Å². The molecule has 0 aliphatic carbocycles. The van der Waals surface area contributed by atoms with Gasteiger partial charge in [-0.15, -0.1) is 0 Å². The zero-order valence-electron chi connectivity index (χ0n) is 13.3. The monoisotopic (exact) mass is 338 g/mol. The van der Waals surface area contributed by atoms with Crippen molar-refractivity contribution >= 4 is 35.0 Å². The van der Waals surface area contributed by atoms with Crippen LogP contribution in [0.1, 0.15) is 23.3 Å². The number of carbonyl (C=O) groups is 3. The average molecular weight is 339 g/mol. The summed E-state index contributed by atoms with van der Waals surface area (Å²) in [6, 6.07) is 13.1. The van der Waals surface area contributed by atoms with Crippen LogP contribution in [0.3, 0.4) is 0 Å². The molecule has 0 radical (unpaired) electrons. The predicted octanol–water partition coefficient (Wildman–Crippen LogP) is -0.551. The van der Waals surface area contributed by atoms with Crippen LogP contribution < -0.4 is 40.2 Å². The van der Waals surface area contributed by atoms with E-state index in [1.807, 2.05) is 0 Å². The molecule has 23 heavy (non-hydrogen) atoms. The average Bonchev–Trinajstić information content (AvgIpc) is 2.49. The van der Waals surface area contributed by atoms with Crippen molar-refractivity contribution < 1.29 is 45.4 Å². The van der Waals surface area contributed by atoms with Crippen molar-refractivity contribution in [2.24, 2.45) is 0 Å². The van der Waals surface area contributed by atoms with Gasteiger partial charge in [0.05, 0.1) is 0 Å². The zero-order chi connectivity index (χ0) is 15.7. The maximum Gasteiger partial charge on any atom is 1.00 e. The van der Waals surface area contributed by atoms with Crippen LogP contribution in [-0.4, -0.2) is 17.7 Å². The molecule has 3 rings (SSSR count). The summed E-state index contributed by atoms with van der Waals surface area (Å²) in [4.78, 5) is 36.2. The van der Waals surface area contributed by atoms with Crippen LogP contribution in [0.15, 0.2) is 48.5 Å². The smallest absolute Gasteiger partial charge is 1.00 e. The van der Waals surface area contributed by atoms with E-state index in [1.54, 1.807) is 48.5 Å². The normalized spacial score (nSPS) is 16.0. The molecular weight excluding hydrogens is 327 g/mol. The Kier molecular flexibility index (Phi) is 5.59. The number of fused-ring (bicyclic) bond motifs is 1. The first kappa shape index (κ1) is 17.7. The summed E-state index contributed by atoms with van der Waals surface area (Å²) in [6.07, 6.45) is 0. The summed E-state index contributed by atoms with van der Waals surface area (Å²) in [6.45, 7) is 0. The fourth-order valence-corrected chi connectivity index (χ4v) is 2.48. The van der Waals surface area contributed by atoms with E-state index in [1.165, 1.54) is 0 Å². The third-order valence-electron chi connectivity index (χ3n) is 3.39. The van der Waals surface area contributed by atoms with Crippen LogP contribution in [0, 0.1) is 0 Å². The molecule has 2 aromatic carbocycles. The van der Waals surface area contributed by atoms with Gasteiger partial charge < -0.3 is 6.74 Å². The molecule has 1 unspecified atom stereocenters. The summed E-state index contributed by atoms with van der Waals surface area (Å²) in [5.41, 5.74) is 1.26. The molecule has 112 valence electrons. The van der Waals surface area contributed by atoms with E-state index < -0.39 is 23.6 Å². The first-order valence-corrected chi connectivity index (χ1v) is 6.94. The van der Waals surface area contributed by atoms with Crippen LogP contribution in [-0.2, 0) is 9.59 Å². The number of rotatable bonds is 2. The fourth-order valence-electron chi connectivity index (χ4n) is 2.36. The standard InChI is InChI=1S/C16H11ClN2O3.Na.H/c17-9-5-7-10(8-6-9)18-15(21)13-11-3-1-2-4-12(11)14(20)19-16(13)22;;/h1-8,13H,(H,18,21)(H,19,20,22);;/q;+1;-1. The Balaban J connectivity index is 0.00000144. The van der Waals surface area contributed by atoms with Gasteiger partial charge in [0, 0.05) is 16.3 Å². The largest absolute Gasteiger partial charge is 1.00 e. The van der Waals surface area contributed by atoms with E-state index in [0.29, 0.717) is 21.8 Å². The Morgan fingerprint density at radius 3 is 2.43 bits per heavy atom. The van der Waals surface area contributed by atoms with Gasteiger partial charge in [-0.3, -0.25) is 19.7 Å². The van der Waals surface area contributed by atoms with Crippen molar-refractivity contribution in [3.8, 4) is 0 Å². The van der Waals surface area contributed by atoms with Gasteiger partial charge in [-0.1, -0.05) is 29.8 Å². The van der Waals surface area contributed by atoms with Crippen LogP contribution >= 0.6 is 11.6 Å². The van der Waals surface area contributed by atoms with Crippen molar-refractivity contribution in [1.82, 2.24) is 5.32 Å². The molecule has 0 saturated heterocycles. The number of hydrogen-bond acceptors (Lipinski definition) is 3. The second-order valence-electron chi connectivity index (χ2n) is 4.83. The molecule has 7 heteroatoms. The Hall–Kier alpha value is -1.66. The van der Waals surface area contributed by atoms with E-state index in [0.717, 1.165) is 0 Å². The third-order valence-corrected chi connectivity index (χ3v) is 3.64. The Morgan fingerprint density at radius 2 is 1.74 bits per heavy atom. The number of imide groups is 1. The second-order valence-corrected chi connectivity index (χ2v) is 5.27. The second kappa shape index (κ2) is 7.27. The maximum absolute atomic E-state index is 12.4. The van der Waals surface area contributed by atoms with E-state index in [4.69, 9.17) is 11.6 Å². The van der Waals surface area contributed by atoms with Gasteiger partial charge in [-0.2, -0.15) is 0 Å². The fraction of sp³-hybridized carbons (Fsp3) is 0.0625. The van der Waals surface area contributed by atoms with Gasteiger partial charge >= 0.3 is 29.6 Å². The van der Waals surface area contributed by atoms with Gasteiger partial charge in [0.25, 0.3) is 5.91 Å². The number of benzene rings is 2. The van der Waals surface area contributed by atoms with Crippen molar-refractivity contribution in [2.75, 3.05) is 5.32 Å². The first-order chi connectivity index (χ1) is 10.6. The van der Waals surface area contributed by atoms with Gasteiger partial charge in [-0.25, -0.2) is 0 Å². The van der Waals surface area contributed by atoms with E-state index in [2.05, 4.69) is 10.6 Å². The molecule has 0 aromatic heterocycles. The first-order valence-electron chi connectivity index (χ1n) is 6.57. The van der Waals surface area contributed by atoms with E-state index >= 15 is 0 Å². The Labute approximate surface area is 161 Å². The van der Waals surface area contributed by atoms with Crippen molar-refractivity contribution in [2.45, 2.75) is 5.92 Å². The molecule has 2 aromatic rings. The van der Waals surface area contributed by atoms with E-state index in [9.17, 15) is 14.4 Å². The number of hydrogen-bond donors (Lipinski definition) is 2. The zero-order valence-corrected chi connectivity index (χ0v) is 15.1. The number of carbonyl (C=O) groups excluding carboxylic acids is 3. The summed E-state index contributed by atoms with van der Waals surface area (Å²) >= 11 is 5.79. The number of anilines is 1. The Bertz CT molecular complexity index is 783. The summed E-state index contributed by atoms with van der Waals surface area (Å²) < 4.78 is 0. The van der Waals surface area contributed by atoms with Crippen molar-refractivity contribution in [3.63, 3.8) is 0 Å². The summed E-state index contributed by atoms with van der Waals surface area (Å²) in [5.74, 6) is -2.68.